The number of rotatable bonds is 5. The van der Waals surface area contributed by atoms with Crippen LogP contribution in [0.3, 0.4) is 0 Å². The SMILES string of the molecule is Cc1cc(C(N)=O)cc(N(CC2CCCNC2)C2CC2)n1. The second-order valence-corrected chi connectivity index (χ2v) is 6.32. The number of pyridine rings is 1. The standard InChI is InChI=1S/C16H24N4O/c1-11-7-13(16(17)21)8-15(19-11)20(14-4-5-14)10-12-3-2-6-18-9-12/h7-8,12,14,18H,2-6,9-10H2,1H3,(H2,17,21). The zero-order chi connectivity index (χ0) is 14.8. The molecule has 114 valence electrons. The van der Waals surface area contributed by atoms with Crippen LogP contribution in [-0.2, 0) is 0 Å². The quantitative estimate of drug-likeness (QED) is 0.860. The van der Waals surface area contributed by atoms with E-state index in [4.69, 9.17) is 5.73 Å². The Morgan fingerprint density at radius 3 is 2.86 bits per heavy atom. The van der Waals surface area contributed by atoms with Crippen molar-refractivity contribution in [3.05, 3.63) is 23.4 Å². The number of aryl methyl sites for hydroxylation is 1. The molecule has 1 saturated heterocycles. The topological polar surface area (TPSA) is 71.2 Å². The van der Waals surface area contributed by atoms with E-state index in [0.29, 0.717) is 17.5 Å². The second-order valence-electron chi connectivity index (χ2n) is 6.32. The average Bonchev–Trinajstić information content (AvgIpc) is 3.29. The first-order chi connectivity index (χ1) is 10.1. The lowest BCUT2D eigenvalue weighted by Crippen LogP contribution is -2.39. The maximum Gasteiger partial charge on any atom is 0.248 e. The third-order valence-electron chi connectivity index (χ3n) is 4.36. The van der Waals surface area contributed by atoms with Gasteiger partial charge in [-0.25, -0.2) is 4.98 Å². The summed E-state index contributed by atoms with van der Waals surface area (Å²) in [5.41, 5.74) is 6.85. The number of amides is 1. The maximum atomic E-state index is 11.5. The molecule has 3 N–H and O–H groups in total. The Labute approximate surface area is 125 Å². The van der Waals surface area contributed by atoms with Gasteiger partial charge in [-0.05, 0) is 63.7 Å². The largest absolute Gasteiger partial charge is 0.366 e. The van der Waals surface area contributed by atoms with E-state index in [1.165, 1.54) is 25.7 Å². The van der Waals surface area contributed by atoms with Crippen molar-refractivity contribution >= 4 is 11.7 Å². The lowest BCUT2D eigenvalue weighted by Gasteiger charge is -2.31. The summed E-state index contributed by atoms with van der Waals surface area (Å²) >= 11 is 0. The van der Waals surface area contributed by atoms with E-state index in [-0.39, 0.29) is 5.91 Å². The molecule has 3 rings (SSSR count). The molecule has 0 radical (unpaired) electrons. The van der Waals surface area contributed by atoms with Crippen LogP contribution >= 0.6 is 0 Å². The normalized spacial score (nSPS) is 22.0. The molecule has 1 unspecified atom stereocenters. The van der Waals surface area contributed by atoms with Crippen molar-refractivity contribution < 1.29 is 4.79 Å². The highest BCUT2D eigenvalue weighted by atomic mass is 16.1. The van der Waals surface area contributed by atoms with Crippen LogP contribution in [0.25, 0.3) is 0 Å². The first-order valence-electron chi connectivity index (χ1n) is 7.89. The molecule has 2 aliphatic rings. The lowest BCUT2D eigenvalue weighted by atomic mass is 9.99. The smallest absolute Gasteiger partial charge is 0.248 e. The molecule has 5 heteroatoms. The summed E-state index contributed by atoms with van der Waals surface area (Å²) in [6.07, 6.45) is 4.96. The highest BCUT2D eigenvalue weighted by molar-refractivity contribution is 5.93. The maximum absolute atomic E-state index is 11.5. The Kier molecular flexibility index (Phi) is 4.10. The van der Waals surface area contributed by atoms with Gasteiger partial charge in [-0.1, -0.05) is 0 Å². The van der Waals surface area contributed by atoms with E-state index in [9.17, 15) is 4.79 Å². The number of hydrogen-bond acceptors (Lipinski definition) is 4. The fourth-order valence-corrected chi connectivity index (χ4v) is 3.11. The van der Waals surface area contributed by atoms with Gasteiger partial charge < -0.3 is 16.0 Å². The summed E-state index contributed by atoms with van der Waals surface area (Å²) in [5.74, 6) is 1.20. The van der Waals surface area contributed by atoms with Gasteiger partial charge in [-0.3, -0.25) is 4.79 Å². The zero-order valence-electron chi connectivity index (χ0n) is 12.6. The Balaban J connectivity index is 1.81. The van der Waals surface area contributed by atoms with Crippen molar-refractivity contribution in [2.24, 2.45) is 11.7 Å². The first kappa shape index (κ1) is 14.3. The van der Waals surface area contributed by atoms with Gasteiger partial charge >= 0.3 is 0 Å². The van der Waals surface area contributed by atoms with Crippen molar-refractivity contribution in [3.8, 4) is 0 Å². The summed E-state index contributed by atoms with van der Waals surface area (Å²) in [5, 5.41) is 3.47. The van der Waals surface area contributed by atoms with Crippen LogP contribution in [0.5, 0.6) is 0 Å². The number of aromatic nitrogens is 1. The number of hydrogen-bond donors (Lipinski definition) is 2. The molecule has 1 saturated carbocycles. The van der Waals surface area contributed by atoms with Crippen LogP contribution in [0.1, 0.15) is 41.7 Å². The van der Waals surface area contributed by atoms with Gasteiger partial charge in [-0.2, -0.15) is 0 Å². The molecule has 1 aromatic rings. The van der Waals surface area contributed by atoms with Gasteiger partial charge in [0.05, 0.1) is 0 Å². The fourth-order valence-electron chi connectivity index (χ4n) is 3.11. The minimum absolute atomic E-state index is 0.378. The van der Waals surface area contributed by atoms with Crippen LogP contribution in [0.15, 0.2) is 12.1 Å². The number of carbonyl (C=O) groups is 1. The van der Waals surface area contributed by atoms with E-state index < -0.39 is 0 Å². The molecule has 1 amide bonds. The number of piperidine rings is 1. The van der Waals surface area contributed by atoms with Gasteiger partial charge in [0.1, 0.15) is 5.82 Å². The molecule has 2 fully saturated rings. The Morgan fingerprint density at radius 1 is 1.43 bits per heavy atom. The van der Waals surface area contributed by atoms with Gasteiger partial charge in [0, 0.05) is 23.8 Å². The van der Waals surface area contributed by atoms with Crippen LogP contribution < -0.4 is 16.0 Å². The molecular formula is C16H24N4O. The van der Waals surface area contributed by atoms with Crippen molar-refractivity contribution in [1.82, 2.24) is 10.3 Å². The van der Waals surface area contributed by atoms with Crippen LogP contribution in [-0.4, -0.2) is 36.6 Å². The molecular weight excluding hydrogens is 264 g/mol. The van der Waals surface area contributed by atoms with Crippen LogP contribution in [0.2, 0.25) is 0 Å². The molecule has 1 aliphatic heterocycles. The summed E-state index contributed by atoms with van der Waals surface area (Å²) in [6.45, 7) is 5.15. The highest BCUT2D eigenvalue weighted by Crippen LogP contribution is 2.32. The summed E-state index contributed by atoms with van der Waals surface area (Å²) in [6, 6.07) is 4.20. The van der Waals surface area contributed by atoms with E-state index in [1.807, 2.05) is 13.0 Å². The molecule has 2 heterocycles. The van der Waals surface area contributed by atoms with Crippen molar-refractivity contribution in [3.63, 3.8) is 0 Å². The van der Waals surface area contributed by atoms with Crippen LogP contribution in [0.4, 0.5) is 5.82 Å². The second kappa shape index (κ2) is 6.02. The van der Waals surface area contributed by atoms with Crippen LogP contribution in [0, 0.1) is 12.8 Å². The summed E-state index contributed by atoms with van der Waals surface area (Å²) in [4.78, 5) is 18.5. The molecule has 21 heavy (non-hydrogen) atoms. The number of carbonyl (C=O) groups excluding carboxylic acids is 1. The number of anilines is 1. The van der Waals surface area contributed by atoms with E-state index in [0.717, 1.165) is 31.1 Å². The molecule has 0 spiro atoms. The molecule has 1 aliphatic carbocycles. The monoisotopic (exact) mass is 288 g/mol. The van der Waals surface area contributed by atoms with Gasteiger partial charge in [0.2, 0.25) is 5.91 Å². The predicted octanol–water partition coefficient (Wildman–Crippen LogP) is 1.46. The Hall–Kier alpha value is -1.62. The van der Waals surface area contributed by atoms with Gasteiger partial charge in [0.25, 0.3) is 0 Å². The minimum atomic E-state index is -0.378. The summed E-state index contributed by atoms with van der Waals surface area (Å²) in [7, 11) is 0. The molecule has 1 atom stereocenters. The van der Waals surface area contributed by atoms with E-state index in [1.54, 1.807) is 6.07 Å². The van der Waals surface area contributed by atoms with E-state index in [2.05, 4.69) is 15.2 Å². The first-order valence-corrected chi connectivity index (χ1v) is 7.89. The number of nitrogens with two attached hydrogens (primary N) is 1. The fraction of sp³-hybridized carbons (Fsp3) is 0.625. The van der Waals surface area contributed by atoms with Gasteiger partial charge in [-0.15, -0.1) is 0 Å². The highest BCUT2D eigenvalue weighted by Gasteiger charge is 2.32. The Morgan fingerprint density at radius 2 is 2.24 bits per heavy atom. The Bertz CT molecular complexity index is 521. The van der Waals surface area contributed by atoms with Crippen molar-refractivity contribution in [2.75, 3.05) is 24.5 Å². The average molecular weight is 288 g/mol. The van der Waals surface area contributed by atoms with Gasteiger partial charge in [0.15, 0.2) is 0 Å². The number of nitrogens with one attached hydrogen (secondary N) is 1. The minimum Gasteiger partial charge on any atom is -0.366 e. The zero-order valence-corrected chi connectivity index (χ0v) is 12.6. The molecule has 0 bridgehead atoms. The predicted molar refractivity (Wildman–Crippen MR) is 83.5 cm³/mol. The third-order valence-corrected chi connectivity index (χ3v) is 4.36. The lowest BCUT2D eigenvalue weighted by molar-refractivity contribution is 0.1000. The number of nitrogens with zero attached hydrogens (tertiary/aromatic N) is 2. The van der Waals surface area contributed by atoms with Crippen molar-refractivity contribution in [2.45, 2.75) is 38.6 Å². The van der Waals surface area contributed by atoms with E-state index >= 15 is 0 Å². The summed E-state index contributed by atoms with van der Waals surface area (Å²) < 4.78 is 0. The molecule has 0 aromatic carbocycles. The van der Waals surface area contributed by atoms with Crippen molar-refractivity contribution in [1.29, 1.82) is 0 Å². The molecule has 5 nitrogen and oxygen atoms in total. The third kappa shape index (κ3) is 3.53. The number of primary amides is 1. The molecule has 1 aromatic heterocycles.